The van der Waals surface area contributed by atoms with E-state index in [0.29, 0.717) is 0 Å². The lowest BCUT2D eigenvalue weighted by atomic mass is 9.61. The second-order valence-corrected chi connectivity index (χ2v) is 5.02. The molecule has 0 aromatic heterocycles. The molecule has 0 amide bonds. The van der Waals surface area contributed by atoms with E-state index in [4.69, 9.17) is 9.31 Å². The zero-order valence-electron chi connectivity index (χ0n) is 10.2. The number of nitrogens with zero attached hydrogens (tertiary/aromatic N) is 1. The van der Waals surface area contributed by atoms with Crippen LogP contribution in [0.3, 0.4) is 0 Å². The van der Waals surface area contributed by atoms with E-state index in [1.54, 1.807) is 0 Å². The van der Waals surface area contributed by atoms with E-state index < -0.39 is 6.69 Å². The molecule has 3 nitrogen and oxygen atoms in total. The predicted molar refractivity (Wildman–Crippen MR) is 68.6 cm³/mol. The largest absolute Gasteiger partial charge is 0.553 e. The lowest BCUT2D eigenvalue weighted by Crippen LogP contribution is -2.57. The van der Waals surface area contributed by atoms with Gasteiger partial charge in [-0.1, -0.05) is 36.8 Å². The number of hydrogen-bond donors (Lipinski definition) is 0. The van der Waals surface area contributed by atoms with Gasteiger partial charge in [-0.25, -0.2) is 0 Å². The Hall–Kier alpha value is -0.835. The fourth-order valence-electron chi connectivity index (χ4n) is 3.02. The van der Waals surface area contributed by atoms with Crippen LogP contribution in [0.25, 0.3) is 0 Å². The van der Waals surface area contributed by atoms with Crippen molar-refractivity contribution < 1.29 is 9.31 Å². The maximum absolute atomic E-state index is 5.93. The Morgan fingerprint density at radius 1 is 1.06 bits per heavy atom. The first-order chi connectivity index (χ1) is 8.39. The molecule has 0 atom stereocenters. The zero-order valence-corrected chi connectivity index (χ0v) is 10.2. The first-order valence-corrected chi connectivity index (χ1v) is 6.61. The van der Waals surface area contributed by atoms with Gasteiger partial charge in [-0.2, -0.15) is 0 Å². The van der Waals surface area contributed by atoms with Gasteiger partial charge in [-0.15, -0.1) is 6.32 Å². The van der Waals surface area contributed by atoms with E-state index in [2.05, 4.69) is 35.1 Å². The Kier molecular flexibility index (Phi) is 3.18. The van der Waals surface area contributed by atoms with Crippen molar-refractivity contribution in [1.29, 1.82) is 0 Å². The van der Waals surface area contributed by atoms with Crippen LogP contribution in [-0.4, -0.2) is 31.3 Å². The summed E-state index contributed by atoms with van der Waals surface area (Å²) in [5.41, 5.74) is 1.34. The van der Waals surface area contributed by atoms with Crippen LogP contribution in [0.5, 0.6) is 0 Å². The summed E-state index contributed by atoms with van der Waals surface area (Å²) >= 11 is 0. The molecule has 0 N–H and O–H groups in total. The Bertz CT molecular complexity index is 365. The Morgan fingerprint density at radius 2 is 1.82 bits per heavy atom. The summed E-state index contributed by atoms with van der Waals surface area (Å²) in [6, 6.07) is 10.6. The molecule has 2 aliphatic rings. The maximum Gasteiger partial charge on any atom is 0.318 e. The van der Waals surface area contributed by atoms with Crippen molar-refractivity contribution in [2.45, 2.75) is 25.7 Å². The van der Waals surface area contributed by atoms with E-state index in [9.17, 15) is 0 Å². The Balaban J connectivity index is 1.76. The van der Waals surface area contributed by atoms with Crippen LogP contribution >= 0.6 is 0 Å². The maximum atomic E-state index is 5.93. The molecule has 0 unspecified atom stereocenters. The summed E-state index contributed by atoms with van der Waals surface area (Å²) in [6.45, 7) is 2.42. The summed E-state index contributed by atoms with van der Waals surface area (Å²) in [4.78, 5) is 2.41. The average molecular weight is 232 g/mol. The predicted octanol–water partition coefficient (Wildman–Crippen LogP) is 2.27. The highest BCUT2D eigenvalue weighted by atomic mass is 16.7. The van der Waals surface area contributed by atoms with Gasteiger partial charge in [0.1, 0.15) is 0 Å². The molecule has 17 heavy (non-hydrogen) atoms. The van der Waals surface area contributed by atoms with Crippen molar-refractivity contribution in [3.8, 4) is 0 Å². The van der Waals surface area contributed by atoms with Gasteiger partial charge < -0.3 is 14.1 Å². The monoisotopic (exact) mass is 232 g/mol. The Morgan fingerprint density at radius 3 is 2.59 bits per heavy atom. The SMILES string of the molecule is c1ccc(CN2CCCC[B-]23OCCO3)cc1. The Labute approximate surface area is 103 Å². The third kappa shape index (κ3) is 2.25. The molecule has 3 rings (SSSR count). The van der Waals surface area contributed by atoms with Crippen molar-refractivity contribution in [2.75, 3.05) is 19.8 Å². The average Bonchev–Trinajstić information content (AvgIpc) is 2.83. The molecular weight excluding hydrogens is 213 g/mol. The topological polar surface area (TPSA) is 21.7 Å². The van der Waals surface area contributed by atoms with Crippen LogP contribution in [0.4, 0.5) is 0 Å². The first kappa shape index (κ1) is 11.3. The van der Waals surface area contributed by atoms with Crippen LogP contribution in [0.2, 0.25) is 6.32 Å². The van der Waals surface area contributed by atoms with E-state index in [1.165, 1.54) is 18.4 Å². The second kappa shape index (κ2) is 4.80. The smallest absolute Gasteiger partial charge is 0.318 e. The third-order valence-electron chi connectivity index (χ3n) is 3.89. The molecule has 2 heterocycles. The van der Waals surface area contributed by atoms with Crippen molar-refractivity contribution in [2.24, 2.45) is 0 Å². The van der Waals surface area contributed by atoms with E-state index in [0.717, 1.165) is 32.6 Å². The van der Waals surface area contributed by atoms with Crippen LogP contribution in [0, 0.1) is 0 Å². The summed E-state index contributed by atoms with van der Waals surface area (Å²) in [6.07, 6.45) is 3.54. The minimum absolute atomic E-state index is 0.755. The molecule has 2 aliphatic heterocycles. The lowest BCUT2D eigenvalue weighted by Gasteiger charge is -2.49. The highest BCUT2D eigenvalue weighted by molar-refractivity contribution is 6.65. The van der Waals surface area contributed by atoms with Crippen LogP contribution < -0.4 is 0 Å². The fraction of sp³-hybridized carbons (Fsp3) is 0.538. The minimum Gasteiger partial charge on any atom is -0.553 e. The molecule has 1 aromatic rings. The molecule has 0 bridgehead atoms. The molecule has 0 saturated carbocycles. The highest BCUT2D eigenvalue weighted by Gasteiger charge is 2.39. The van der Waals surface area contributed by atoms with Gasteiger partial charge >= 0.3 is 6.69 Å². The molecule has 0 aliphatic carbocycles. The lowest BCUT2D eigenvalue weighted by molar-refractivity contribution is 0.194. The number of rotatable bonds is 2. The van der Waals surface area contributed by atoms with Crippen molar-refractivity contribution >= 4 is 6.69 Å². The summed E-state index contributed by atoms with van der Waals surface area (Å²) < 4.78 is 11.9. The molecule has 0 radical (unpaired) electrons. The van der Waals surface area contributed by atoms with E-state index >= 15 is 0 Å². The molecule has 2 fully saturated rings. The molecule has 2 saturated heterocycles. The van der Waals surface area contributed by atoms with Crippen molar-refractivity contribution in [3.05, 3.63) is 35.9 Å². The quantitative estimate of drug-likeness (QED) is 0.730. The zero-order chi connectivity index (χ0) is 11.6. The van der Waals surface area contributed by atoms with Crippen molar-refractivity contribution in [1.82, 2.24) is 4.81 Å². The molecule has 1 spiro atoms. The molecular formula is C13H19BNO2-. The summed E-state index contributed by atoms with van der Waals surface area (Å²) in [5.74, 6) is 0. The normalized spacial score (nSPS) is 24.2. The van der Waals surface area contributed by atoms with Crippen LogP contribution in [0.1, 0.15) is 18.4 Å². The summed E-state index contributed by atoms with van der Waals surface area (Å²) in [5, 5.41) is 0. The second-order valence-electron chi connectivity index (χ2n) is 5.02. The standard InChI is InChI=1S/C13H19BNO2/c1-2-6-13(7-3-1)12-15-9-5-4-8-14(15)16-10-11-17-14/h1-3,6-7H,4-5,8-12H2/q-1. The number of benzene rings is 1. The molecule has 1 aromatic carbocycles. The fourth-order valence-corrected chi connectivity index (χ4v) is 3.02. The molecule has 92 valence electrons. The van der Waals surface area contributed by atoms with Gasteiger partial charge in [-0.05, 0) is 25.1 Å². The molecule has 4 heteroatoms. The minimum atomic E-state index is -1.13. The van der Waals surface area contributed by atoms with Gasteiger partial charge in [0.05, 0.1) is 0 Å². The third-order valence-corrected chi connectivity index (χ3v) is 3.89. The van der Waals surface area contributed by atoms with E-state index in [-0.39, 0.29) is 0 Å². The van der Waals surface area contributed by atoms with Gasteiger partial charge in [0.2, 0.25) is 0 Å². The van der Waals surface area contributed by atoms with E-state index in [1.807, 2.05) is 0 Å². The first-order valence-electron chi connectivity index (χ1n) is 6.61. The summed E-state index contributed by atoms with van der Waals surface area (Å²) in [7, 11) is 0. The van der Waals surface area contributed by atoms with Gasteiger partial charge in [0.25, 0.3) is 0 Å². The van der Waals surface area contributed by atoms with Crippen LogP contribution in [0.15, 0.2) is 30.3 Å². The van der Waals surface area contributed by atoms with Gasteiger partial charge in [0.15, 0.2) is 0 Å². The highest BCUT2D eigenvalue weighted by Crippen LogP contribution is 2.31. The van der Waals surface area contributed by atoms with Crippen LogP contribution in [-0.2, 0) is 15.9 Å². The van der Waals surface area contributed by atoms with Gasteiger partial charge in [0, 0.05) is 13.2 Å². The van der Waals surface area contributed by atoms with Gasteiger partial charge in [-0.3, -0.25) is 0 Å². The van der Waals surface area contributed by atoms with Crippen molar-refractivity contribution in [3.63, 3.8) is 0 Å². The number of hydrogen-bond acceptors (Lipinski definition) is 3.